The first kappa shape index (κ1) is 11.0. The molecular formula is C13H8FN3S. The van der Waals surface area contributed by atoms with Crippen LogP contribution in [0.2, 0.25) is 0 Å². The first-order valence-corrected chi connectivity index (χ1v) is 6.13. The van der Waals surface area contributed by atoms with E-state index in [0.29, 0.717) is 5.56 Å². The highest BCUT2D eigenvalue weighted by Crippen LogP contribution is 2.30. The lowest BCUT2D eigenvalue weighted by molar-refractivity contribution is 0.622. The van der Waals surface area contributed by atoms with Gasteiger partial charge in [-0.05, 0) is 18.2 Å². The molecule has 0 aromatic carbocycles. The largest absolute Gasteiger partial charge is 0.261 e. The van der Waals surface area contributed by atoms with E-state index in [1.165, 1.54) is 23.6 Å². The topological polar surface area (TPSA) is 38.7 Å². The lowest BCUT2D eigenvalue weighted by atomic mass is 10.3. The third-order valence-corrected chi connectivity index (χ3v) is 3.44. The highest BCUT2D eigenvalue weighted by Gasteiger charge is 2.08. The van der Waals surface area contributed by atoms with E-state index in [2.05, 4.69) is 15.0 Å². The van der Waals surface area contributed by atoms with Gasteiger partial charge in [-0.1, -0.05) is 6.07 Å². The quantitative estimate of drug-likeness (QED) is 0.706. The summed E-state index contributed by atoms with van der Waals surface area (Å²) >= 11 is 1.47. The van der Waals surface area contributed by atoms with E-state index in [9.17, 15) is 4.39 Å². The number of hydrogen-bond donors (Lipinski definition) is 0. The second-order valence-corrected chi connectivity index (χ2v) is 4.67. The molecule has 3 aromatic heterocycles. The molecule has 0 N–H and O–H groups in total. The maximum atomic E-state index is 13.1. The molecule has 3 heterocycles. The van der Waals surface area contributed by atoms with Crippen molar-refractivity contribution in [3.63, 3.8) is 0 Å². The first-order valence-electron chi connectivity index (χ1n) is 5.31. The van der Waals surface area contributed by atoms with Crippen molar-refractivity contribution < 1.29 is 4.39 Å². The molecule has 88 valence electrons. The summed E-state index contributed by atoms with van der Waals surface area (Å²) in [6.07, 6.45) is 6.26. The van der Waals surface area contributed by atoms with Crippen molar-refractivity contribution in [3.05, 3.63) is 54.9 Å². The van der Waals surface area contributed by atoms with Crippen molar-refractivity contribution in [2.45, 2.75) is 0 Å². The molecule has 5 heteroatoms. The van der Waals surface area contributed by atoms with E-state index in [4.69, 9.17) is 0 Å². The number of aromatic nitrogens is 3. The van der Waals surface area contributed by atoms with E-state index in [1.807, 2.05) is 18.2 Å². The molecule has 0 aliphatic heterocycles. The van der Waals surface area contributed by atoms with E-state index in [0.717, 1.165) is 15.6 Å². The Balaban J connectivity index is 2.00. The summed E-state index contributed by atoms with van der Waals surface area (Å²) < 4.78 is 13.1. The number of halogens is 1. The third-order valence-electron chi connectivity index (χ3n) is 2.37. The summed E-state index contributed by atoms with van der Waals surface area (Å²) in [7, 11) is 0. The smallest absolute Gasteiger partial charge is 0.142 e. The highest BCUT2D eigenvalue weighted by molar-refractivity contribution is 7.18. The maximum absolute atomic E-state index is 13.1. The van der Waals surface area contributed by atoms with Crippen molar-refractivity contribution in [3.8, 4) is 21.1 Å². The summed E-state index contributed by atoms with van der Waals surface area (Å²) in [5, 5.41) is 0.739. The van der Waals surface area contributed by atoms with Gasteiger partial charge < -0.3 is 0 Å². The average Bonchev–Trinajstić information content (AvgIpc) is 2.89. The van der Waals surface area contributed by atoms with E-state index in [1.54, 1.807) is 18.6 Å². The Bertz CT molecular complexity index is 667. The minimum atomic E-state index is -0.359. The van der Waals surface area contributed by atoms with Crippen LogP contribution in [-0.2, 0) is 0 Å². The molecule has 0 aliphatic rings. The average molecular weight is 257 g/mol. The van der Waals surface area contributed by atoms with E-state index in [-0.39, 0.29) is 5.82 Å². The van der Waals surface area contributed by atoms with Gasteiger partial charge in [0.25, 0.3) is 0 Å². The molecule has 0 atom stereocenters. The zero-order valence-corrected chi connectivity index (χ0v) is 10.1. The molecule has 3 nitrogen and oxygen atoms in total. The van der Waals surface area contributed by atoms with Crippen LogP contribution in [0.4, 0.5) is 4.39 Å². The van der Waals surface area contributed by atoms with Crippen molar-refractivity contribution in [2.24, 2.45) is 0 Å². The first-order chi connectivity index (χ1) is 8.83. The lowest BCUT2D eigenvalue weighted by Gasteiger charge is -1.95. The van der Waals surface area contributed by atoms with Crippen LogP contribution in [0.3, 0.4) is 0 Å². The molecule has 0 amide bonds. The van der Waals surface area contributed by atoms with E-state index >= 15 is 0 Å². The molecule has 3 rings (SSSR count). The molecule has 0 spiro atoms. The van der Waals surface area contributed by atoms with Gasteiger partial charge in [-0.2, -0.15) is 0 Å². The minimum absolute atomic E-state index is 0.359. The van der Waals surface area contributed by atoms with Gasteiger partial charge in [0.15, 0.2) is 0 Å². The molecule has 18 heavy (non-hydrogen) atoms. The van der Waals surface area contributed by atoms with Crippen LogP contribution in [0.1, 0.15) is 0 Å². The number of thiazole rings is 1. The molecular weight excluding hydrogens is 249 g/mol. The molecule has 0 bridgehead atoms. The van der Waals surface area contributed by atoms with Gasteiger partial charge in [-0.15, -0.1) is 11.3 Å². The van der Waals surface area contributed by atoms with Crippen LogP contribution in [0.25, 0.3) is 21.1 Å². The van der Waals surface area contributed by atoms with Crippen LogP contribution < -0.4 is 0 Å². The minimum Gasteiger partial charge on any atom is -0.261 e. The predicted octanol–water partition coefficient (Wildman–Crippen LogP) is 3.41. The van der Waals surface area contributed by atoms with Crippen LogP contribution in [0.5, 0.6) is 0 Å². The molecule has 3 aromatic rings. The Morgan fingerprint density at radius 3 is 2.78 bits per heavy atom. The maximum Gasteiger partial charge on any atom is 0.142 e. The molecule has 0 fully saturated rings. The fourth-order valence-electron chi connectivity index (χ4n) is 1.56. The van der Waals surface area contributed by atoms with Crippen molar-refractivity contribution in [1.82, 2.24) is 15.0 Å². The van der Waals surface area contributed by atoms with Crippen molar-refractivity contribution in [2.75, 3.05) is 0 Å². The molecule has 0 radical (unpaired) electrons. The Hall–Kier alpha value is -2.14. The van der Waals surface area contributed by atoms with Crippen LogP contribution >= 0.6 is 11.3 Å². The Labute approximate surface area is 107 Å². The van der Waals surface area contributed by atoms with Gasteiger partial charge in [0, 0.05) is 24.2 Å². The van der Waals surface area contributed by atoms with Gasteiger partial charge in [-0.25, -0.2) is 9.37 Å². The van der Waals surface area contributed by atoms with Crippen molar-refractivity contribution in [1.29, 1.82) is 0 Å². The fraction of sp³-hybridized carbons (Fsp3) is 0. The normalized spacial score (nSPS) is 10.5. The number of hydrogen-bond acceptors (Lipinski definition) is 4. The SMILES string of the molecule is Fc1cncc(-c2ncc(-c3ccccn3)s2)c1. The fourth-order valence-corrected chi connectivity index (χ4v) is 2.44. The zero-order valence-electron chi connectivity index (χ0n) is 9.25. The van der Waals surface area contributed by atoms with Crippen LogP contribution in [0, 0.1) is 5.82 Å². The number of pyridine rings is 2. The van der Waals surface area contributed by atoms with Crippen LogP contribution in [-0.4, -0.2) is 15.0 Å². The molecule has 0 unspecified atom stereocenters. The number of rotatable bonds is 2. The summed E-state index contributed by atoms with van der Waals surface area (Å²) in [4.78, 5) is 13.3. The van der Waals surface area contributed by atoms with Crippen molar-refractivity contribution >= 4 is 11.3 Å². The molecule has 0 aliphatic carbocycles. The van der Waals surface area contributed by atoms with Gasteiger partial charge in [0.2, 0.25) is 0 Å². The molecule has 0 saturated heterocycles. The summed E-state index contributed by atoms with van der Waals surface area (Å²) in [6, 6.07) is 7.13. The van der Waals surface area contributed by atoms with Gasteiger partial charge in [-0.3, -0.25) is 9.97 Å². The number of nitrogens with zero attached hydrogens (tertiary/aromatic N) is 3. The Kier molecular flexibility index (Phi) is 2.82. The second kappa shape index (κ2) is 4.62. The predicted molar refractivity (Wildman–Crippen MR) is 68.5 cm³/mol. The standard InChI is InChI=1S/C13H8FN3S/c14-10-5-9(6-15-7-10)13-17-8-12(18-13)11-3-1-2-4-16-11/h1-8H. The molecule has 0 saturated carbocycles. The second-order valence-electron chi connectivity index (χ2n) is 3.64. The van der Waals surface area contributed by atoms with Gasteiger partial charge in [0.05, 0.1) is 16.8 Å². The summed E-state index contributed by atoms with van der Waals surface area (Å²) in [6.45, 7) is 0. The van der Waals surface area contributed by atoms with Crippen LogP contribution in [0.15, 0.2) is 49.1 Å². The zero-order chi connectivity index (χ0) is 12.4. The van der Waals surface area contributed by atoms with Gasteiger partial charge in [0.1, 0.15) is 10.8 Å². The lowest BCUT2D eigenvalue weighted by Crippen LogP contribution is -1.81. The highest BCUT2D eigenvalue weighted by atomic mass is 32.1. The summed E-state index contributed by atoms with van der Waals surface area (Å²) in [5.41, 5.74) is 1.55. The third kappa shape index (κ3) is 2.12. The Morgan fingerprint density at radius 1 is 1.06 bits per heavy atom. The summed E-state index contributed by atoms with van der Waals surface area (Å²) in [5.74, 6) is -0.359. The van der Waals surface area contributed by atoms with E-state index < -0.39 is 0 Å². The van der Waals surface area contributed by atoms with Gasteiger partial charge >= 0.3 is 0 Å². The Morgan fingerprint density at radius 2 is 2.00 bits per heavy atom. The monoisotopic (exact) mass is 257 g/mol.